The van der Waals surface area contributed by atoms with Gasteiger partial charge in [-0.25, -0.2) is 9.18 Å². The van der Waals surface area contributed by atoms with Gasteiger partial charge in [0.25, 0.3) is 0 Å². The van der Waals surface area contributed by atoms with Gasteiger partial charge in [-0.1, -0.05) is 6.07 Å². The molecule has 0 atom stereocenters. The summed E-state index contributed by atoms with van der Waals surface area (Å²) in [4.78, 5) is 38.7. The number of amides is 1. The predicted octanol–water partition coefficient (Wildman–Crippen LogP) is 3.07. The maximum Gasteiger partial charge on any atom is 0.339 e. The molecule has 2 aromatic rings. The predicted molar refractivity (Wildman–Crippen MR) is 96.5 cm³/mol. The Bertz CT molecular complexity index is 876. The van der Waals surface area contributed by atoms with E-state index < -0.39 is 11.8 Å². The highest BCUT2D eigenvalue weighted by Crippen LogP contribution is 2.21. The molecule has 2 rings (SSSR count). The molecule has 0 bridgehead atoms. The first-order valence-electron chi connectivity index (χ1n) is 7.75. The van der Waals surface area contributed by atoms with Gasteiger partial charge >= 0.3 is 5.97 Å². The van der Waals surface area contributed by atoms with Gasteiger partial charge in [0.15, 0.2) is 5.78 Å². The van der Waals surface area contributed by atoms with Crippen molar-refractivity contribution < 1.29 is 23.5 Å². The number of benzene rings is 1. The van der Waals surface area contributed by atoms with Crippen molar-refractivity contribution in [1.29, 1.82) is 0 Å². The maximum absolute atomic E-state index is 13.5. The highest BCUT2D eigenvalue weighted by atomic mass is 79.9. The minimum Gasteiger partial charge on any atom is -0.465 e. The molecule has 0 unspecified atom stereocenters. The number of carbonyl (C=O) groups is 3. The van der Waals surface area contributed by atoms with Crippen molar-refractivity contribution in [3.8, 4) is 0 Å². The molecule has 26 heavy (non-hydrogen) atoms. The van der Waals surface area contributed by atoms with E-state index in [-0.39, 0.29) is 35.9 Å². The lowest BCUT2D eigenvalue weighted by Crippen LogP contribution is -2.25. The van der Waals surface area contributed by atoms with E-state index in [4.69, 9.17) is 4.74 Å². The molecule has 0 saturated carbocycles. The van der Waals surface area contributed by atoms with Crippen LogP contribution in [0.1, 0.15) is 44.6 Å². The summed E-state index contributed by atoms with van der Waals surface area (Å²) in [7, 11) is 1.23. The molecule has 1 aromatic carbocycles. The molecule has 1 aromatic heterocycles. The summed E-state index contributed by atoms with van der Waals surface area (Å²) in [6.07, 6.45) is -0.141. The second kappa shape index (κ2) is 8.27. The third-order valence-electron chi connectivity index (χ3n) is 3.88. The average molecular weight is 425 g/mol. The third kappa shape index (κ3) is 4.37. The molecule has 0 radical (unpaired) electrons. The smallest absolute Gasteiger partial charge is 0.339 e. The van der Waals surface area contributed by atoms with Gasteiger partial charge in [-0.2, -0.15) is 0 Å². The molecule has 1 heterocycles. The van der Waals surface area contributed by atoms with Crippen molar-refractivity contribution in [1.82, 2.24) is 10.3 Å². The lowest BCUT2D eigenvalue weighted by atomic mass is 10.1. The Morgan fingerprint density at radius 3 is 2.58 bits per heavy atom. The minimum atomic E-state index is -0.621. The quantitative estimate of drug-likeness (QED) is 0.550. The number of halogens is 2. The molecular formula is C18H18BrFN2O4. The van der Waals surface area contributed by atoms with Crippen molar-refractivity contribution in [2.24, 2.45) is 0 Å². The Kier molecular flexibility index (Phi) is 6.31. The van der Waals surface area contributed by atoms with Crippen molar-refractivity contribution in [3.05, 3.63) is 56.6 Å². The minimum absolute atomic E-state index is 0.135. The number of methoxy groups -OCH3 is 1. The standard InChI is InChI=1S/C18H18BrFN2O4/c1-9-16(18(25)26-3)14(22-17(9)10(2)23)7-15(24)21-8-11-4-5-12(19)13(20)6-11/h4-6,22H,7-8H2,1-3H3,(H,21,24). The molecule has 0 aliphatic heterocycles. The summed E-state index contributed by atoms with van der Waals surface area (Å²) in [6.45, 7) is 3.12. The number of Topliss-reactive ketones (excluding diaryl/α,β-unsaturated/α-hetero) is 1. The molecule has 0 fully saturated rings. The molecule has 2 N–H and O–H groups in total. The molecule has 138 valence electrons. The Labute approximate surface area is 158 Å². The van der Waals surface area contributed by atoms with Gasteiger partial charge in [-0.3, -0.25) is 9.59 Å². The summed E-state index contributed by atoms with van der Waals surface area (Å²) in [5.41, 5.74) is 1.80. The number of aromatic amines is 1. The first-order valence-corrected chi connectivity index (χ1v) is 8.55. The van der Waals surface area contributed by atoms with Gasteiger partial charge in [0, 0.05) is 19.2 Å². The first-order chi connectivity index (χ1) is 12.2. The van der Waals surface area contributed by atoms with Crippen LogP contribution in [0.2, 0.25) is 0 Å². The van der Waals surface area contributed by atoms with E-state index in [0.717, 1.165) is 0 Å². The highest BCUT2D eigenvalue weighted by molar-refractivity contribution is 9.10. The van der Waals surface area contributed by atoms with Crippen LogP contribution in [0.4, 0.5) is 4.39 Å². The van der Waals surface area contributed by atoms with Crippen LogP contribution >= 0.6 is 15.9 Å². The first kappa shape index (κ1) is 19.8. The average Bonchev–Trinajstić information content (AvgIpc) is 2.91. The maximum atomic E-state index is 13.5. The molecule has 0 spiro atoms. The largest absolute Gasteiger partial charge is 0.465 e. The molecule has 0 aliphatic carbocycles. The number of ketones is 1. The number of hydrogen-bond donors (Lipinski definition) is 2. The number of ether oxygens (including phenoxy) is 1. The molecule has 1 amide bonds. The fourth-order valence-corrected chi connectivity index (χ4v) is 2.84. The van der Waals surface area contributed by atoms with E-state index in [0.29, 0.717) is 21.3 Å². The Morgan fingerprint density at radius 2 is 2.00 bits per heavy atom. The van der Waals surface area contributed by atoms with Gasteiger partial charge in [0.2, 0.25) is 5.91 Å². The SMILES string of the molecule is COC(=O)c1c(CC(=O)NCc2ccc(Br)c(F)c2)[nH]c(C(C)=O)c1C. The van der Waals surface area contributed by atoms with E-state index in [2.05, 4.69) is 26.2 Å². The lowest BCUT2D eigenvalue weighted by molar-refractivity contribution is -0.120. The normalized spacial score (nSPS) is 10.5. The number of nitrogens with one attached hydrogen (secondary N) is 2. The van der Waals surface area contributed by atoms with E-state index >= 15 is 0 Å². The van der Waals surface area contributed by atoms with E-state index in [9.17, 15) is 18.8 Å². The molecular weight excluding hydrogens is 407 g/mol. The topological polar surface area (TPSA) is 88.3 Å². The molecule has 0 saturated heterocycles. The van der Waals surface area contributed by atoms with Crippen LogP contribution in [0.15, 0.2) is 22.7 Å². The fourth-order valence-electron chi connectivity index (χ4n) is 2.59. The lowest BCUT2D eigenvalue weighted by Gasteiger charge is -2.07. The van der Waals surface area contributed by atoms with Gasteiger partial charge < -0.3 is 15.0 Å². The second-order valence-corrected chi connectivity index (χ2v) is 6.58. The number of esters is 1. The summed E-state index contributed by atoms with van der Waals surface area (Å²) in [5.74, 6) is -1.67. The molecule has 8 heteroatoms. The summed E-state index contributed by atoms with van der Waals surface area (Å²) >= 11 is 3.06. The van der Waals surface area contributed by atoms with Crippen LogP contribution < -0.4 is 5.32 Å². The zero-order valence-electron chi connectivity index (χ0n) is 14.5. The number of rotatable bonds is 6. The van der Waals surface area contributed by atoms with E-state index in [1.165, 1.54) is 20.1 Å². The van der Waals surface area contributed by atoms with Crippen LogP contribution in [-0.4, -0.2) is 29.8 Å². The summed E-state index contributed by atoms with van der Waals surface area (Å²) in [6, 6.07) is 4.55. The number of hydrogen-bond acceptors (Lipinski definition) is 4. The number of carbonyl (C=O) groups excluding carboxylic acids is 3. The van der Waals surface area contributed by atoms with Crippen molar-refractivity contribution in [2.75, 3.05) is 7.11 Å². The molecule has 0 aliphatic rings. The van der Waals surface area contributed by atoms with Gasteiger partial charge in [0.05, 0.1) is 29.3 Å². The van der Waals surface area contributed by atoms with Crippen LogP contribution in [0.3, 0.4) is 0 Å². The summed E-state index contributed by atoms with van der Waals surface area (Å²) < 4.78 is 18.6. The second-order valence-electron chi connectivity index (χ2n) is 5.73. The fraction of sp³-hybridized carbons (Fsp3) is 0.278. The summed E-state index contributed by atoms with van der Waals surface area (Å²) in [5, 5.41) is 2.66. The van der Waals surface area contributed by atoms with Gasteiger partial charge in [-0.05, 0) is 46.1 Å². The zero-order chi connectivity index (χ0) is 19.4. The van der Waals surface area contributed by atoms with Crippen LogP contribution in [0.25, 0.3) is 0 Å². The van der Waals surface area contributed by atoms with Crippen molar-refractivity contribution in [2.45, 2.75) is 26.8 Å². The van der Waals surface area contributed by atoms with Crippen LogP contribution in [0, 0.1) is 12.7 Å². The zero-order valence-corrected chi connectivity index (χ0v) is 16.1. The monoisotopic (exact) mass is 424 g/mol. The Hall–Kier alpha value is -2.48. The third-order valence-corrected chi connectivity index (χ3v) is 4.52. The van der Waals surface area contributed by atoms with Crippen molar-refractivity contribution in [3.63, 3.8) is 0 Å². The van der Waals surface area contributed by atoms with E-state index in [1.807, 2.05) is 0 Å². The van der Waals surface area contributed by atoms with Crippen LogP contribution in [0.5, 0.6) is 0 Å². The Morgan fingerprint density at radius 1 is 1.31 bits per heavy atom. The van der Waals surface area contributed by atoms with Crippen LogP contribution in [-0.2, 0) is 22.5 Å². The number of aromatic nitrogens is 1. The van der Waals surface area contributed by atoms with E-state index in [1.54, 1.807) is 19.1 Å². The number of H-pyrrole nitrogens is 1. The van der Waals surface area contributed by atoms with Gasteiger partial charge in [-0.15, -0.1) is 0 Å². The molecule has 6 nitrogen and oxygen atoms in total. The Balaban J connectivity index is 2.15. The van der Waals surface area contributed by atoms with Gasteiger partial charge in [0.1, 0.15) is 5.82 Å². The van der Waals surface area contributed by atoms with Crippen molar-refractivity contribution >= 4 is 33.6 Å². The highest BCUT2D eigenvalue weighted by Gasteiger charge is 2.24.